The first-order valence-corrected chi connectivity index (χ1v) is 10.2. The maximum absolute atomic E-state index is 11.8. The van der Waals surface area contributed by atoms with Crippen LogP contribution in [0.2, 0.25) is 0 Å². The Hall–Kier alpha value is -3.33. The molecule has 0 rings (SSSR count). The van der Waals surface area contributed by atoms with Gasteiger partial charge in [0, 0.05) is 12.0 Å². The number of ether oxygens (including phenoxy) is 3. The van der Waals surface area contributed by atoms with Gasteiger partial charge in [0.2, 0.25) is 0 Å². The number of hydrogen-bond acceptors (Lipinski definition) is 6. The topological polar surface area (TPSA) is 85.6 Å². The summed E-state index contributed by atoms with van der Waals surface area (Å²) in [6.07, 6.45) is 12.9. The van der Waals surface area contributed by atoms with Gasteiger partial charge >= 0.3 is 5.97 Å². The van der Waals surface area contributed by atoms with E-state index in [1.54, 1.807) is 30.4 Å². The molecule has 0 heterocycles. The second-order valence-corrected chi connectivity index (χ2v) is 6.28. The lowest BCUT2D eigenvalue weighted by Crippen LogP contribution is -2.02. The summed E-state index contributed by atoms with van der Waals surface area (Å²) >= 11 is 0. The molecule has 0 bridgehead atoms. The van der Waals surface area contributed by atoms with Gasteiger partial charge in [-0.1, -0.05) is 38.0 Å². The van der Waals surface area contributed by atoms with Gasteiger partial charge in [0.25, 0.3) is 6.47 Å². The predicted octanol–water partition coefficient (Wildman–Crippen LogP) is 5.86. The highest BCUT2D eigenvalue weighted by atomic mass is 16.5. The molecule has 6 heteroatoms. The van der Waals surface area contributed by atoms with E-state index in [9.17, 15) is 9.59 Å². The van der Waals surface area contributed by atoms with Gasteiger partial charge in [-0.3, -0.25) is 9.59 Å². The number of nitrogens with zero attached hydrogens (tertiary/aromatic N) is 1. The molecule has 31 heavy (non-hydrogen) atoms. The van der Waals surface area contributed by atoms with Crippen molar-refractivity contribution in [3.8, 4) is 6.07 Å². The molecule has 0 fully saturated rings. The lowest BCUT2D eigenvalue weighted by molar-refractivity contribution is -0.138. The fourth-order valence-electron chi connectivity index (χ4n) is 2.02. The van der Waals surface area contributed by atoms with Crippen LogP contribution in [0.25, 0.3) is 0 Å². The summed E-state index contributed by atoms with van der Waals surface area (Å²) in [4.78, 5) is 21.8. The third kappa shape index (κ3) is 22.8. The van der Waals surface area contributed by atoms with Crippen LogP contribution >= 0.6 is 0 Å². The molecule has 0 saturated carbocycles. The Bertz CT molecular complexity index is 668. The second kappa shape index (κ2) is 23.0. The first kappa shape index (κ1) is 29.9. The fourth-order valence-corrected chi connectivity index (χ4v) is 2.02. The Morgan fingerprint density at radius 3 is 2.29 bits per heavy atom. The molecule has 6 nitrogen and oxygen atoms in total. The van der Waals surface area contributed by atoms with Gasteiger partial charge in [-0.15, -0.1) is 6.58 Å². The summed E-state index contributed by atoms with van der Waals surface area (Å²) in [6, 6.07) is 1.93. The molecule has 170 valence electrons. The first-order chi connectivity index (χ1) is 14.9. The van der Waals surface area contributed by atoms with Crippen LogP contribution in [0.3, 0.4) is 0 Å². The van der Waals surface area contributed by atoms with E-state index in [1.807, 2.05) is 13.0 Å². The molecule has 0 unspecified atom stereocenters. The molecule has 0 aliphatic rings. The smallest absolute Gasteiger partial charge is 0.314 e. The largest absolute Gasteiger partial charge is 0.494 e. The monoisotopic (exact) mass is 429 g/mol. The van der Waals surface area contributed by atoms with Gasteiger partial charge in [0.15, 0.2) is 0 Å². The van der Waals surface area contributed by atoms with E-state index in [1.165, 1.54) is 0 Å². The zero-order valence-electron chi connectivity index (χ0n) is 18.6. The summed E-state index contributed by atoms with van der Waals surface area (Å²) in [6.45, 7) is 17.6. The summed E-state index contributed by atoms with van der Waals surface area (Å²) < 4.78 is 15.4. The van der Waals surface area contributed by atoms with Crippen molar-refractivity contribution in [3.05, 3.63) is 73.8 Å². The molecular formula is C25H35NO5. The van der Waals surface area contributed by atoms with Crippen LogP contribution in [0, 0.1) is 11.3 Å². The normalized spacial score (nSPS) is 10.1. The number of allylic oxidation sites excluding steroid dienone is 6. The zero-order chi connectivity index (χ0) is 23.7. The van der Waals surface area contributed by atoms with E-state index < -0.39 is 5.97 Å². The lowest BCUT2D eigenvalue weighted by Gasteiger charge is -2.07. The molecule has 0 aliphatic carbocycles. The van der Waals surface area contributed by atoms with Crippen LogP contribution in [-0.4, -0.2) is 25.7 Å². The summed E-state index contributed by atoms with van der Waals surface area (Å²) in [5.74, 6) is 0.488. The van der Waals surface area contributed by atoms with Crippen molar-refractivity contribution >= 4 is 12.4 Å². The highest BCUT2D eigenvalue weighted by Gasteiger charge is 2.05. The highest BCUT2D eigenvalue weighted by molar-refractivity contribution is 5.72. The molecule has 0 aromatic carbocycles. The molecule has 0 amide bonds. The van der Waals surface area contributed by atoms with Crippen LogP contribution in [0.5, 0.6) is 0 Å². The van der Waals surface area contributed by atoms with Crippen molar-refractivity contribution in [2.75, 3.05) is 13.2 Å². The average Bonchev–Trinajstić information content (AvgIpc) is 2.74. The number of nitriles is 1. The van der Waals surface area contributed by atoms with Crippen LogP contribution in [-0.2, 0) is 23.8 Å². The summed E-state index contributed by atoms with van der Waals surface area (Å²) in [7, 11) is 0. The zero-order valence-corrected chi connectivity index (χ0v) is 18.6. The van der Waals surface area contributed by atoms with Crippen molar-refractivity contribution in [3.63, 3.8) is 0 Å². The van der Waals surface area contributed by atoms with E-state index in [0.717, 1.165) is 25.7 Å². The first-order valence-electron chi connectivity index (χ1n) is 10.2. The second-order valence-electron chi connectivity index (χ2n) is 6.28. The molecular weight excluding hydrogens is 394 g/mol. The number of esters is 1. The molecule has 0 spiro atoms. The van der Waals surface area contributed by atoms with E-state index in [4.69, 9.17) is 14.7 Å². The van der Waals surface area contributed by atoms with Gasteiger partial charge in [-0.2, -0.15) is 5.26 Å². The van der Waals surface area contributed by atoms with Crippen LogP contribution < -0.4 is 0 Å². The van der Waals surface area contributed by atoms with Crippen molar-refractivity contribution in [1.82, 2.24) is 0 Å². The Balaban J connectivity index is 0. The average molecular weight is 430 g/mol. The maximum atomic E-state index is 11.8. The van der Waals surface area contributed by atoms with E-state index in [-0.39, 0.29) is 6.42 Å². The standard InChI is InChI=1S/C22H29NO5.C3H6/c1-4-10-21(27-16-8-6-5-7-15-26-18-24)11-9-12-22(25)28-20(3)14-13-19(2)17-23;1-3-2/h4,9-11,18H,1-3,5-8,12-16H2;3H,1H2,2H3/b11-9-,21-10+;. The Labute approximate surface area is 186 Å². The van der Waals surface area contributed by atoms with Crippen molar-refractivity contribution in [2.45, 2.75) is 51.9 Å². The molecule has 0 aromatic rings. The number of carbonyl (C=O) groups excluding carboxylic acids is 2. The summed E-state index contributed by atoms with van der Waals surface area (Å²) in [5.41, 5.74) is 0.419. The fraction of sp³-hybridized carbons (Fsp3) is 0.400. The van der Waals surface area contributed by atoms with Gasteiger partial charge in [-0.25, -0.2) is 0 Å². The van der Waals surface area contributed by atoms with Crippen molar-refractivity contribution in [2.24, 2.45) is 0 Å². The lowest BCUT2D eigenvalue weighted by atomic mass is 10.2. The number of rotatable bonds is 17. The Kier molecular flexibility index (Phi) is 22.1. The third-order valence-corrected chi connectivity index (χ3v) is 3.46. The van der Waals surface area contributed by atoms with Crippen LogP contribution in [0.1, 0.15) is 51.9 Å². The molecule has 0 saturated heterocycles. The Morgan fingerprint density at radius 2 is 1.71 bits per heavy atom. The van der Waals surface area contributed by atoms with Crippen LogP contribution in [0.15, 0.2) is 73.8 Å². The quantitative estimate of drug-likeness (QED) is 0.0547. The van der Waals surface area contributed by atoms with Gasteiger partial charge in [0.05, 0.1) is 25.7 Å². The third-order valence-electron chi connectivity index (χ3n) is 3.46. The minimum atomic E-state index is -0.431. The summed E-state index contributed by atoms with van der Waals surface area (Å²) in [5, 5.41) is 8.64. The maximum Gasteiger partial charge on any atom is 0.314 e. The van der Waals surface area contributed by atoms with Gasteiger partial charge < -0.3 is 14.2 Å². The highest BCUT2D eigenvalue weighted by Crippen LogP contribution is 2.11. The van der Waals surface area contributed by atoms with Crippen molar-refractivity contribution in [1.29, 1.82) is 5.26 Å². The van der Waals surface area contributed by atoms with E-state index >= 15 is 0 Å². The predicted molar refractivity (Wildman–Crippen MR) is 124 cm³/mol. The number of hydrogen-bond donors (Lipinski definition) is 0. The number of unbranched alkanes of at least 4 members (excludes halogenated alkanes) is 3. The molecule has 0 aliphatic heterocycles. The van der Waals surface area contributed by atoms with E-state index in [2.05, 4.69) is 31.1 Å². The van der Waals surface area contributed by atoms with Gasteiger partial charge in [0.1, 0.15) is 11.5 Å². The number of carbonyl (C=O) groups is 2. The molecule has 0 atom stereocenters. The minimum absolute atomic E-state index is 0.0762. The van der Waals surface area contributed by atoms with Crippen LogP contribution in [0.4, 0.5) is 0 Å². The Morgan fingerprint density at radius 1 is 1.06 bits per heavy atom. The van der Waals surface area contributed by atoms with Crippen molar-refractivity contribution < 1.29 is 23.8 Å². The molecule has 0 N–H and O–H groups in total. The molecule has 0 aromatic heterocycles. The minimum Gasteiger partial charge on any atom is -0.494 e. The van der Waals surface area contributed by atoms with E-state index in [0.29, 0.717) is 49.6 Å². The van der Waals surface area contributed by atoms with Gasteiger partial charge in [-0.05, 0) is 51.2 Å². The molecule has 0 radical (unpaired) electrons. The SMILES string of the molecule is C=C/C=C(\C=C/CC(=O)OC(=C)CCC(=C)C#N)OCCCCCCOC=O.C=CC.